The van der Waals surface area contributed by atoms with E-state index in [4.69, 9.17) is 5.11 Å². The van der Waals surface area contributed by atoms with Gasteiger partial charge in [0.25, 0.3) is 0 Å². The molecule has 2 nitrogen and oxygen atoms in total. The molecule has 0 heterocycles. The fourth-order valence-corrected chi connectivity index (χ4v) is 2.79. The van der Waals surface area contributed by atoms with Gasteiger partial charge < -0.3 is 10.2 Å². The van der Waals surface area contributed by atoms with Crippen molar-refractivity contribution < 1.29 is 10.2 Å². The monoisotopic (exact) mass is 354 g/mol. The molecule has 2 aromatic rings. The second-order valence-corrected chi connectivity index (χ2v) is 6.66. The van der Waals surface area contributed by atoms with Gasteiger partial charge in [-0.25, -0.2) is 0 Å². The average molecular weight is 355 g/mol. The van der Waals surface area contributed by atoms with Crippen LogP contribution in [0.25, 0.3) is 0 Å². The standard InChI is InChI=1S/C15H24O.C9H10O/c1-2-3-4-5-6-7-8-9-14-10-12-15(16)13-11-14;1-2-5-8-6-3-4-7-9(8)10/h10-13,16H,2-9H2,1H3;2-4,6-7,10H,1,5H2. The lowest BCUT2D eigenvalue weighted by atomic mass is 10.0. The third-order valence-electron chi connectivity index (χ3n) is 4.36. The van der Waals surface area contributed by atoms with E-state index in [0.29, 0.717) is 11.5 Å². The fraction of sp³-hybridized carbons (Fsp3) is 0.417. The Hall–Kier alpha value is -2.22. The second kappa shape index (κ2) is 14.0. The zero-order valence-corrected chi connectivity index (χ0v) is 16.2. The van der Waals surface area contributed by atoms with E-state index in [0.717, 1.165) is 18.4 Å². The van der Waals surface area contributed by atoms with Crippen molar-refractivity contribution in [2.45, 2.75) is 64.7 Å². The first-order valence-electron chi connectivity index (χ1n) is 9.83. The number of hydrogen-bond donors (Lipinski definition) is 2. The highest BCUT2D eigenvalue weighted by atomic mass is 16.3. The highest BCUT2D eigenvalue weighted by Gasteiger charge is 1.95. The van der Waals surface area contributed by atoms with Crippen LogP contribution in [0, 0.1) is 0 Å². The maximum absolute atomic E-state index is 9.19. The SMILES string of the molecule is C=CCc1ccccc1O.CCCCCCCCCc1ccc(O)cc1. The maximum Gasteiger partial charge on any atom is 0.119 e. The van der Waals surface area contributed by atoms with E-state index in [9.17, 15) is 5.11 Å². The van der Waals surface area contributed by atoms with Crippen LogP contribution >= 0.6 is 0 Å². The molecule has 2 aromatic carbocycles. The summed E-state index contributed by atoms with van der Waals surface area (Å²) < 4.78 is 0. The van der Waals surface area contributed by atoms with Crippen molar-refractivity contribution in [3.63, 3.8) is 0 Å². The minimum absolute atomic E-state index is 0.349. The lowest BCUT2D eigenvalue weighted by Crippen LogP contribution is -1.85. The van der Waals surface area contributed by atoms with Gasteiger partial charge in [0.1, 0.15) is 11.5 Å². The smallest absolute Gasteiger partial charge is 0.119 e. The van der Waals surface area contributed by atoms with Crippen LogP contribution in [0.3, 0.4) is 0 Å². The number of para-hydroxylation sites is 1. The third kappa shape index (κ3) is 9.93. The Morgan fingerprint density at radius 2 is 1.42 bits per heavy atom. The number of aryl methyl sites for hydroxylation is 1. The quantitative estimate of drug-likeness (QED) is 0.363. The van der Waals surface area contributed by atoms with Crippen molar-refractivity contribution in [1.82, 2.24) is 0 Å². The zero-order valence-electron chi connectivity index (χ0n) is 16.2. The van der Waals surface area contributed by atoms with Gasteiger partial charge in [-0.1, -0.05) is 81.9 Å². The van der Waals surface area contributed by atoms with Gasteiger partial charge in [0.15, 0.2) is 0 Å². The van der Waals surface area contributed by atoms with Gasteiger partial charge in [-0.3, -0.25) is 0 Å². The number of phenolic OH excluding ortho intramolecular Hbond substituents is 2. The van der Waals surface area contributed by atoms with Crippen LogP contribution in [0.2, 0.25) is 0 Å². The van der Waals surface area contributed by atoms with Crippen molar-refractivity contribution in [3.05, 3.63) is 72.3 Å². The van der Waals surface area contributed by atoms with Crippen LogP contribution < -0.4 is 0 Å². The Bertz CT molecular complexity index is 602. The predicted molar refractivity (Wildman–Crippen MR) is 112 cm³/mol. The first kappa shape index (κ1) is 21.8. The lowest BCUT2D eigenvalue weighted by molar-refractivity contribution is 0.469. The summed E-state index contributed by atoms with van der Waals surface area (Å²) >= 11 is 0. The Kier molecular flexibility index (Phi) is 11.8. The van der Waals surface area contributed by atoms with E-state index in [2.05, 4.69) is 13.5 Å². The molecule has 0 spiro atoms. The van der Waals surface area contributed by atoms with E-state index < -0.39 is 0 Å². The molecule has 0 saturated heterocycles. The minimum atomic E-state index is 0.349. The van der Waals surface area contributed by atoms with Crippen molar-refractivity contribution in [2.24, 2.45) is 0 Å². The summed E-state index contributed by atoms with van der Waals surface area (Å²) in [4.78, 5) is 0. The highest BCUT2D eigenvalue weighted by molar-refractivity contribution is 5.32. The number of hydrogen-bond acceptors (Lipinski definition) is 2. The van der Waals surface area contributed by atoms with E-state index in [1.165, 1.54) is 50.5 Å². The Morgan fingerprint density at radius 1 is 0.808 bits per heavy atom. The van der Waals surface area contributed by atoms with E-state index in [1.54, 1.807) is 24.3 Å². The molecule has 0 radical (unpaired) electrons. The average Bonchev–Trinajstić information content (AvgIpc) is 2.65. The van der Waals surface area contributed by atoms with Crippen LogP contribution in [-0.2, 0) is 12.8 Å². The van der Waals surface area contributed by atoms with E-state index in [-0.39, 0.29) is 0 Å². The van der Waals surface area contributed by atoms with Gasteiger partial charge in [0.05, 0.1) is 0 Å². The summed E-state index contributed by atoms with van der Waals surface area (Å²) in [6.45, 7) is 5.84. The summed E-state index contributed by atoms with van der Waals surface area (Å²) in [7, 11) is 0. The van der Waals surface area contributed by atoms with Crippen molar-refractivity contribution in [2.75, 3.05) is 0 Å². The molecule has 2 N–H and O–H groups in total. The molecular weight excluding hydrogens is 320 g/mol. The number of aromatic hydroxyl groups is 2. The van der Waals surface area contributed by atoms with Gasteiger partial charge in [-0.05, 0) is 48.6 Å². The van der Waals surface area contributed by atoms with Crippen LogP contribution in [0.4, 0.5) is 0 Å². The van der Waals surface area contributed by atoms with Gasteiger partial charge in [-0.15, -0.1) is 6.58 Å². The maximum atomic E-state index is 9.19. The van der Waals surface area contributed by atoms with Crippen LogP contribution in [0.1, 0.15) is 63.0 Å². The molecule has 0 saturated carbocycles. The molecule has 0 aliphatic heterocycles. The second-order valence-electron chi connectivity index (χ2n) is 6.66. The van der Waals surface area contributed by atoms with Gasteiger partial charge in [0, 0.05) is 0 Å². The topological polar surface area (TPSA) is 40.5 Å². The molecule has 142 valence electrons. The third-order valence-corrected chi connectivity index (χ3v) is 4.36. The normalized spacial score (nSPS) is 10.0. The van der Waals surface area contributed by atoms with Gasteiger partial charge in [-0.2, -0.15) is 0 Å². The van der Waals surface area contributed by atoms with Crippen molar-refractivity contribution >= 4 is 0 Å². The largest absolute Gasteiger partial charge is 0.508 e. The Morgan fingerprint density at radius 3 is 2.04 bits per heavy atom. The van der Waals surface area contributed by atoms with Crippen molar-refractivity contribution in [1.29, 1.82) is 0 Å². The molecule has 26 heavy (non-hydrogen) atoms. The molecule has 0 atom stereocenters. The highest BCUT2D eigenvalue weighted by Crippen LogP contribution is 2.16. The molecule has 0 aliphatic carbocycles. The predicted octanol–water partition coefficient (Wildman–Crippen LogP) is 6.81. The first-order valence-corrected chi connectivity index (χ1v) is 9.83. The summed E-state index contributed by atoms with van der Waals surface area (Å²) in [5.41, 5.74) is 2.27. The van der Waals surface area contributed by atoms with Gasteiger partial charge in [0.2, 0.25) is 0 Å². The molecular formula is C24H34O2. The summed E-state index contributed by atoms with van der Waals surface area (Å²) in [6.07, 6.45) is 13.1. The fourth-order valence-electron chi connectivity index (χ4n) is 2.79. The summed E-state index contributed by atoms with van der Waals surface area (Å²) in [5.74, 6) is 0.714. The molecule has 0 unspecified atom stereocenters. The molecule has 2 heteroatoms. The van der Waals surface area contributed by atoms with E-state index >= 15 is 0 Å². The molecule has 0 amide bonds. The Balaban J connectivity index is 0.000000289. The van der Waals surface area contributed by atoms with Crippen LogP contribution in [-0.4, -0.2) is 10.2 Å². The molecule has 0 fully saturated rings. The summed E-state index contributed by atoms with van der Waals surface area (Å²) in [6, 6.07) is 14.9. The molecule has 0 aromatic heterocycles. The lowest BCUT2D eigenvalue weighted by Gasteiger charge is -2.02. The van der Waals surface area contributed by atoms with Crippen LogP contribution in [0.5, 0.6) is 11.5 Å². The molecule has 0 aliphatic rings. The van der Waals surface area contributed by atoms with Crippen LogP contribution in [0.15, 0.2) is 61.2 Å². The number of rotatable bonds is 10. The number of allylic oxidation sites excluding steroid dienone is 1. The van der Waals surface area contributed by atoms with Gasteiger partial charge >= 0.3 is 0 Å². The number of unbranched alkanes of at least 4 members (excludes halogenated alkanes) is 6. The number of phenols is 2. The summed E-state index contributed by atoms with van der Waals surface area (Å²) in [5, 5.41) is 18.3. The van der Waals surface area contributed by atoms with Crippen molar-refractivity contribution in [3.8, 4) is 11.5 Å². The zero-order chi connectivity index (χ0) is 19.0. The minimum Gasteiger partial charge on any atom is -0.508 e. The molecule has 0 bridgehead atoms. The van der Waals surface area contributed by atoms with E-state index in [1.807, 2.05) is 30.3 Å². The first-order chi connectivity index (χ1) is 12.7. The number of benzene rings is 2. The Labute approximate surface area is 159 Å². The molecule has 2 rings (SSSR count).